The van der Waals surface area contributed by atoms with Crippen molar-refractivity contribution in [2.24, 2.45) is 0 Å². The van der Waals surface area contributed by atoms with E-state index in [4.69, 9.17) is 4.74 Å². The summed E-state index contributed by atoms with van der Waals surface area (Å²) in [6.45, 7) is 7.05. The Morgan fingerprint density at radius 1 is 1.00 bits per heavy atom. The number of carbonyl (C=O) groups excluding carboxylic acids is 3. The van der Waals surface area contributed by atoms with Crippen LogP contribution < -0.4 is 20.3 Å². The Kier molecular flexibility index (Phi) is 11.0. The number of likely N-dealkylation sites (N-methyl/N-ethyl adjacent to an activating group) is 1. The molecule has 3 aromatic rings. The van der Waals surface area contributed by atoms with E-state index in [2.05, 4.69) is 54.9 Å². The van der Waals surface area contributed by atoms with Crippen LogP contribution in [-0.4, -0.2) is 113 Å². The number of H-pyrrole nitrogens is 1. The molecule has 0 bridgehead atoms. The molecule has 1 aliphatic carbocycles. The van der Waals surface area contributed by atoms with Gasteiger partial charge in [-0.3, -0.25) is 14.7 Å². The monoisotopic (exact) mass is 684 g/mol. The molecule has 2 aromatic carbocycles. The smallest absolute Gasteiger partial charge is 0.318 e. The van der Waals surface area contributed by atoms with Gasteiger partial charge < -0.3 is 35.0 Å². The van der Waals surface area contributed by atoms with Crippen LogP contribution in [0.1, 0.15) is 57.9 Å². The number of rotatable bonds is 13. The van der Waals surface area contributed by atoms with Gasteiger partial charge in [0.1, 0.15) is 5.75 Å². The van der Waals surface area contributed by atoms with Crippen LogP contribution in [0.25, 0.3) is 11.1 Å². The molecule has 0 unspecified atom stereocenters. The van der Waals surface area contributed by atoms with Crippen molar-refractivity contribution in [3.8, 4) is 16.9 Å². The Hall–Kier alpha value is -4.58. The first-order chi connectivity index (χ1) is 24.1. The van der Waals surface area contributed by atoms with E-state index in [1.54, 1.807) is 20.0 Å². The number of piperidine rings is 1. The number of aromatic amines is 1. The zero-order valence-electron chi connectivity index (χ0n) is 29.9. The third-order valence-corrected chi connectivity index (χ3v) is 9.91. The zero-order valence-corrected chi connectivity index (χ0v) is 29.9. The summed E-state index contributed by atoms with van der Waals surface area (Å²) in [6.07, 6.45) is 9.56. The summed E-state index contributed by atoms with van der Waals surface area (Å²) in [5.41, 5.74) is 3.02. The van der Waals surface area contributed by atoms with Crippen molar-refractivity contribution >= 4 is 23.5 Å². The molecule has 0 radical (unpaired) electrons. The molecule has 3 fully saturated rings. The zero-order chi connectivity index (χ0) is 35.3. The molecular weight excluding hydrogens is 632 g/mol. The molecule has 12 heteroatoms. The number of nitrogens with one attached hydrogen (secondary N) is 3. The van der Waals surface area contributed by atoms with Gasteiger partial charge in [0, 0.05) is 74.4 Å². The number of carbonyl (C=O) groups is 3. The van der Waals surface area contributed by atoms with Crippen LogP contribution in [0.15, 0.2) is 60.9 Å². The number of amides is 4. The number of nitrogens with zero attached hydrogens (tertiary/aromatic N) is 5. The molecule has 268 valence electrons. The van der Waals surface area contributed by atoms with Crippen molar-refractivity contribution in [1.29, 1.82) is 0 Å². The van der Waals surface area contributed by atoms with Gasteiger partial charge in [-0.25, -0.2) is 4.79 Å². The van der Waals surface area contributed by atoms with E-state index in [1.165, 1.54) is 0 Å². The molecule has 12 nitrogen and oxygen atoms in total. The Labute approximate surface area is 295 Å². The summed E-state index contributed by atoms with van der Waals surface area (Å²) >= 11 is 0. The third-order valence-electron chi connectivity index (χ3n) is 9.91. The predicted octanol–water partition coefficient (Wildman–Crippen LogP) is 4.25. The Morgan fingerprint density at radius 3 is 2.50 bits per heavy atom. The van der Waals surface area contributed by atoms with Crippen molar-refractivity contribution in [1.82, 2.24) is 35.5 Å². The molecule has 6 rings (SSSR count). The minimum absolute atomic E-state index is 0.0122. The molecular formula is C38H52N8O4. The summed E-state index contributed by atoms with van der Waals surface area (Å²) in [7, 11) is 4.02. The molecule has 0 spiro atoms. The molecule has 2 saturated heterocycles. The normalized spacial score (nSPS) is 19.4. The highest BCUT2D eigenvalue weighted by molar-refractivity contribution is 5.89. The van der Waals surface area contributed by atoms with Crippen LogP contribution in [0.4, 0.5) is 10.5 Å². The maximum Gasteiger partial charge on any atom is 0.318 e. The minimum Gasteiger partial charge on any atom is -0.478 e. The third kappa shape index (κ3) is 8.95. The highest BCUT2D eigenvalue weighted by Crippen LogP contribution is 2.30. The first kappa shape index (κ1) is 35.3. The fraction of sp³-hybridized carbons (Fsp3) is 0.526. The molecule has 4 amide bonds. The number of hydrogen-bond acceptors (Lipinski definition) is 7. The average molecular weight is 685 g/mol. The van der Waals surface area contributed by atoms with Gasteiger partial charge in [0.05, 0.1) is 12.7 Å². The summed E-state index contributed by atoms with van der Waals surface area (Å²) in [6, 6.07) is 16.5. The van der Waals surface area contributed by atoms with Crippen LogP contribution in [0.2, 0.25) is 0 Å². The number of urea groups is 1. The Morgan fingerprint density at radius 2 is 1.78 bits per heavy atom. The standard InChI is InChI=1S/C38H52N8O4/c1-38(2,36(48)39-23-35(47)45-19-7-10-33(45)26-43(3)4)50-34-11-5-9-32(20-34)44-18-6-8-30(25-44)42-37(49)46(31-16-17-31)24-27-12-14-28(15-13-27)29-21-40-41-22-29/h5,9,11-15,20-22,30-31,33H,6-8,10,16-19,23-26H2,1-4H3,(H,39,48)(H,40,41)(H,42,49)/t30-,33-/m0/s1. The summed E-state index contributed by atoms with van der Waals surface area (Å²) in [5, 5.41) is 13.0. The molecule has 3 heterocycles. The molecule has 3 N–H and O–H groups in total. The van der Waals surface area contributed by atoms with Crippen molar-refractivity contribution < 1.29 is 19.1 Å². The van der Waals surface area contributed by atoms with E-state index < -0.39 is 5.60 Å². The fourth-order valence-corrected chi connectivity index (χ4v) is 7.08. The second-order valence-corrected chi connectivity index (χ2v) is 14.7. The van der Waals surface area contributed by atoms with Gasteiger partial charge in [-0.1, -0.05) is 30.3 Å². The Balaban J connectivity index is 1.01. The topological polar surface area (TPSA) is 126 Å². The van der Waals surface area contributed by atoms with Crippen molar-refractivity contribution in [2.45, 2.75) is 82.6 Å². The van der Waals surface area contributed by atoms with E-state index >= 15 is 0 Å². The number of aromatic nitrogens is 2. The lowest BCUT2D eigenvalue weighted by Gasteiger charge is -2.36. The number of anilines is 1. The first-order valence-electron chi connectivity index (χ1n) is 18.0. The highest BCUT2D eigenvalue weighted by atomic mass is 16.5. The van der Waals surface area contributed by atoms with Gasteiger partial charge in [-0.05, 0) is 89.7 Å². The number of benzene rings is 2. The van der Waals surface area contributed by atoms with Gasteiger partial charge >= 0.3 is 6.03 Å². The maximum atomic E-state index is 13.6. The molecule has 2 aliphatic heterocycles. The van der Waals surface area contributed by atoms with Gasteiger partial charge in [-0.15, -0.1) is 0 Å². The maximum absolute atomic E-state index is 13.6. The largest absolute Gasteiger partial charge is 0.478 e. The average Bonchev–Trinajstić information content (AvgIpc) is 3.57. The lowest BCUT2D eigenvalue weighted by molar-refractivity contribution is -0.138. The van der Waals surface area contributed by atoms with Crippen molar-refractivity contribution in [2.75, 3.05) is 51.7 Å². The molecule has 2 atom stereocenters. The van der Waals surface area contributed by atoms with Crippen LogP contribution in [-0.2, 0) is 16.1 Å². The van der Waals surface area contributed by atoms with Gasteiger partial charge in [0.15, 0.2) is 5.60 Å². The van der Waals surface area contributed by atoms with E-state index in [0.717, 1.165) is 80.5 Å². The summed E-state index contributed by atoms with van der Waals surface area (Å²) < 4.78 is 6.22. The lowest BCUT2D eigenvalue weighted by atomic mass is 10.0. The van der Waals surface area contributed by atoms with Crippen molar-refractivity contribution in [3.63, 3.8) is 0 Å². The van der Waals surface area contributed by atoms with Gasteiger partial charge in [0.25, 0.3) is 5.91 Å². The molecule has 50 heavy (non-hydrogen) atoms. The van der Waals surface area contributed by atoms with E-state index in [-0.39, 0.29) is 42.5 Å². The predicted molar refractivity (Wildman–Crippen MR) is 194 cm³/mol. The first-order valence-corrected chi connectivity index (χ1v) is 18.0. The number of likely N-dealkylation sites (tertiary alicyclic amines) is 1. The molecule has 1 saturated carbocycles. The quantitative estimate of drug-likeness (QED) is 0.246. The van der Waals surface area contributed by atoms with Crippen LogP contribution in [0.5, 0.6) is 5.75 Å². The van der Waals surface area contributed by atoms with Gasteiger partial charge in [-0.2, -0.15) is 5.10 Å². The van der Waals surface area contributed by atoms with Crippen LogP contribution in [0, 0.1) is 0 Å². The van der Waals surface area contributed by atoms with Gasteiger partial charge in [0.2, 0.25) is 5.91 Å². The molecule has 1 aromatic heterocycles. The van der Waals surface area contributed by atoms with Crippen molar-refractivity contribution in [3.05, 3.63) is 66.5 Å². The second kappa shape index (κ2) is 15.5. The SMILES string of the molecule is CN(C)C[C@@H]1CCCN1C(=O)CNC(=O)C(C)(C)Oc1cccc(N2CCC[C@H](NC(=O)N(Cc3ccc(-c4cn[nH]c4)cc3)C3CC3)C2)c1. The summed E-state index contributed by atoms with van der Waals surface area (Å²) in [5.74, 6) is 0.173. The van der Waals surface area contributed by atoms with E-state index in [0.29, 0.717) is 18.8 Å². The fourth-order valence-electron chi connectivity index (χ4n) is 7.08. The van der Waals surface area contributed by atoms with Crippen LogP contribution in [0.3, 0.4) is 0 Å². The second-order valence-electron chi connectivity index (χ2n) is 14.7. The highest BCUT2D eigenvalue weighted by Gasteiger charge is 2.35. The Bertz CT molecular complexity index is 1600. The molecule has 3 aliphatic rings. The summed E-state index contributed by atoms with van der Waals surface area (Å²) in [4.78, 5) is 48.0. The van der Waals surface area contributed by atoms with Crippen LogP contribution >= 0.6 is 0 Å². The number of ether oxygens (including phenoxy) is 1. The van der Waals surface area contributed by atoms with E-state index in [9.17, 15) is 14.4 Å². The lowest BCUT2D eigenvalue weighted by Crippen LogP contribution is -2.52. The number of hydrogen-bond donors (Lipinski definition) is 3. The van der Waals surface area contributed by atoms with E-state index in [1.807, 2.05) is 54.4 Å². The minimum atomic E-state index is -1.18.